The molecule has 0 N–H and O–H groups in total. The van der Waals surface area contributed by atoms with E-state index >= 15 is 0 Å². The first kappa shape index (κ1) is 14.0. The quantitative estimate of drug-likeness (QED) is 0.603. The Labute approximate surface area is 117 Å². The Kier molecular flexibility index (Phi) is 4.66. The zero-order chi connectivity index (χ0) is 14.4. The first-order chi connectivity index (χ1) is 9.70. The highest BCUT2D eigenvalue weighted by Crippen LogP contribution is 2.14. The van der Waals surface area contributed by atoms with E-state index in [2.05, 4.69) is 0 Å². The molecule has 0 spiro atoms. The third-order valence-electron chi connectivity index (χ3n) is 2.77. The van der Waals surface area contributed by atoms with E-state index in [9.17, 15) is 9.18 Å². The van der Waals surface area contributed by atoms with Gasteiger partial charge in [-0.2, -0.15) is 0 Å². The molecule has 2 nitrogen and oxygen atoms in total. The molecule has 0 aromatic heterocycles. The maximum absolute atomic E-state index is 13.4. The Morgan fingerprint density at radius 2 is 1.85 bits per heavy atom. The van der Waals surface area contributed by atoms with Crippen molar-refractivity contribution in [3.05, 3.63) is 71.6 Å². The Bertz CT molecular complexity index is 615. The SMILES string of the molecule is CCOc1ccc(C(=O)/C=C/c2ccccc2F)cc1. The number of carbonyl (C=O) groups excluding carboxylic acids is 1. The molecule has 0 saturated heterocycles. The lowest BCUT2D eigenvalue weighted by atomic mass is 10.1. The van der Waals surface area contributed by atoms with Crippen LogP contribution < -0.4 is 4.74 Å². The summed E-state index contributed by atoms with van der Waals surface area (Å²) in [6.45, 7) is 2.48. The summed E-state index contributed by atoms with van der Waals surface area (Å²) in [5.74, 6) is 0.210. The van der Waals surface area contributed by atoms with Gasteiger partial charge in [-0.1, -0.05) is 18.2 Å². The van der Waals surface area contributed by atoms with Gasteiger partial charge < -0.3 is 4.74 Å². The summed E-state index contributed by atoms with van der Waals surface area (Å²) in [6.07, 6.45) is 2.85. The summed E-state index contributed by atoms with van der Waals surface area (Å²) in [5, 5.41) is 0. The van der Waals surface area contributed by atoms with Crippen molar-refractivity contribution in [1.29, 1.82) is 0 Å². The molecule has 3 heteroatoms. The predicted octanol–water partition coefficient (Wildman–Crippen LogP) is 4.12. The van der Waals surface area contributed by atoms with Crippen LogP contribution in [0, 0.1) is 5.82 Å². The van der Waals surface area contributed by atoms with Gasteiger partial charge in [0.2, 0.25) is 0 Å². The first-order valence-electron chi connectivity index (χ1n) is 6.40. The Hall–Kier alpha value is -2.42. The van der Waals surface area contributed by atoms with Gasteiger partial charge in [0.1, 0.15) is 11.6 Å². The molecule has 20 heavy (non-hydrogen) atoms. The van der Waals surface area contributed by atoms with Crippen LogP contribution in [-0.2, 0) is 0 Å². The number of carbonyl (C=O) groups is 1. The van der Waals surface area contributed by atoms with Crippen molar-refractivity contribution < 1.29 is 13.9 Å². The fraction of sp³-hybridized carbons (Fsp3) is 0.118. The van der Waals surface area contributed by atoms with Crippen molar-refractivity contribution >= 4 is 11.9 Å². The standard InChI is InChI=1S/C17H15FO2/c1-2-20-15-10-7-14(8-11-15)17(19)12-9-13-5-3-4-6-16(13)18/h3-12H,2H2,1H3/b12-9+. The monoisotopic (exact) mass is 270 g/mol. The van der Waals surface area contributed by atoms with Crippen molar-refractivity contribution in [2.75, 3.05) is 6.61 Å². The number of ether oxygens (including phenoxy) is 1. The third kappa shape index (κ3) is 3.54. The van der Waals surface area contributed by atoms with Crippen molar-refractivity contribution in [3.8, 4) is 5.75 Å². The molecule has 0 atom stereocenters. The molecule has 2 aromatic carbocycles. The summed E-state index contributed by atoms with van der Waals surface area (Å²) in [4.78, 5) is 11.9. The van der Waals surface area contributed by atoms with Gasteiger partial charge in [0.05, 0.1) is 6.61 Å². The normalized spacial score (nSPS) is 10.7. The van der Waals surface area contributed by atoms with Crippen LogP contribution in [0.25, 0.3) is 6.08 Å². The highest BCUT2D eigenvalue weighted by Gasteiger charge is 2.03. The molecular weight excluding hydrogens is 255 g/mol. The summed E-state index contributed by atoms with van der Waals surface area (Å²) in [7, 11) is 0. The molecule has 0 heterocycles. The molecule has 102 valence electrons. The Balaban J connectivity index is 2.10. The van der Waals surface area contributed by atoms with Crippen LogP contribution >= 0.6 is 0 Å². The maximum Gasteiger partial charge on any atom is 0.185 e. The lowest BCUT2D eigenvalue weighted by Gasteiger charge is -2.02. The van der Waals surface area contributed by atoms with Gasteiger partial charge >= 0.3 is 0 Å². The lowest BCUT2D eigenvalue weighted by molar-refractivity contribution is 0.104. The van der Waals surface area contributed by atoms with Gasteiger partial charge in [-0.05, 0) is 49.4 Å². The van der Waals surface area contributed by atoms with E-state index in [1.807, 2.05) is 6.92 Å². The number of halogens is 1. The van der Waals surface area contributed by atoms with Crippen LogP contribution in [-0.4, -0.2) is 12.4 Å². The second kappa shape index (κ2) is 6.66. The van der Waals surface area contributed by atoms with Crippen LogP contribution in [0.2, 0.25) is 0 Å². The van der Waals surface area contributed by atoms with Gasteiger partial charge in [-0.3, -0.25) is 4.79 Å². The number of allylic oxidation sites excluding steroid dienone is 1. The van der Waals surface area contributed by atoms with E-state index in [1.54, 1.807) is 42.5 Å². The molecule has 0 fully saturated rings. The number of hydrogen-bond acceptors (Lipinski definition) is 2. The van der Waals surface area contributed by atoms with Crippen LogP contribution in [0.3, 0.4) is 0 Å². The minimum atomic E-state index is -0.344. The van der Waals surface area contributed by atoms with Crippen LogP contribution in [0.5, 0.6) is 5.75 Å². The van der Waals surface area contributed by atoms with E-state index in [4.69, 9.17) is 4.74 Å². The minimum Gasteiger partial charge on any atom is -0.494 e. The summed E-state index contributed by atoms with van der Waals surface area (Å²) in [5.41, 5.74) is 0.938. The van der Waals surface area contributed by atoms with E-state index in [0.29, 0.717) is 17.7 Å². The average molecular weight is 270 g/mol. The van der Waals surface area contributed by atoms with E-state index < -0.39 is 0 Å². The molecule has 2 aromatic rings. The van der Waals surface area contributed by atoms with E-state index in [1.165, 1.54) is 18.2 Å². The van der Waals surface area contributed by atoms with Gasteiger partial charge in [0.15, 0.2) is 5.78 Å². The first-order valence-corrected chi connectivity index (χ1v) is 6.40. The topological polar surface area (TPSA) is 26.3 Å². The molecule has 0 aliphatic rings. The second-order valence-corrected chi connectivity index (χ2v) is 4.18. The lowest BCUT2D eigenvalue weighted by Crippen LogP contribution is -1.96. The van der Waals surface area contributed by atoms with Crippen LogP contribution in [0.15, 0.2) is 54.6 Å². The molecule has 2 rings (SSSR count). The highest BCUT2D eigenvalue weighted by atomic mass is 19.1. The average Bonchev–Trinajstić information content (AvgIpc) is 2.47. The number of rotatable bonds is 5. The van der Waals surface area contributed by atoms with Crippen molar-refractivity contribution in [2.24, 2.45) is 0 Å². The largest absolute Gasteiger partial charge is 0.494 e. The fourth-order valence-corrected chi connectivity index (χ4v) is 1.75. The van der Waals surface area contributed by atoms with Crippen molar-refractivity contribution in [3.63, 3.8) is 0 Å². The summed E-state index contributed by atoms with van der Waals surface area (Å²) < 4.78 is 18.7. The summed E-state index contributed by atoms with van der Waals surface area (Å²) >= 11 is 0. The molecule has 0 amide bonds. The maximum atomic E-state index is 13.4. The smallest absolute Gasteiger partial charge is 0.185 e. The molecule has 0 aliphatic carbocycles. The van der Waals surface area contributed by atoms with Crippen LogP contribution in [0.4, 0.5) is 4.39 Å². The predicted molar refractivity (Wildman–Crippen MR) is 77.4 cm³/mol. The number of ketones is 1. The third-order valence-corrected chi connectivity index (χ3v) is 2.77. The number of hydrogen-bond donors (Lipinski definition) is 0. The van der Waals surface area contributed by atoms with Gasteiger partial charge in [0.25, 0.3) is 0 Å². The molecule has 0 saturated carbocycles. The van der Waals surface area contributed by atoms with Crippen LogP contribution in [0.1, 0.15) is 22.8 Å². The second-order valence-electron chi connectivity index (χ2n) is 4.18. The Morgan fingerprint density at radius 3 is 2.50 bits per heavy atom. The van der Waals surface area contributed by atoms with Gasteiger partial charge in [-0.15, -0.1) is 0 Å². The highest BCUT2D eigenvalue weighted by molar-refractivity contribution is 6.06. The van der Waals surface area contributed by atoms with Gasteiger partial charge in [-0.25, -0.2) is 4.39 Å². The summed E-state index contributed by atoms with van der Waals surface area (Å²) in [6, 6.07) is 13.2. The van der Waals surface area contributed by atoms with E-state index in [0.717, 1.165) is 5.75 Å². The van der Waals surface area contributed by atoms with Crippen molar-refractivity contribution in [1.82, 2.24) is 0 Å². The molecule has 0 aliphatic heterocycles. The molecule has 0 radical (unpaired) electrons. The zero-order valence-electron chi connectivity index (χ0n) is 11.2. The zero-order valence-corrected chi connectivity index (χ0v) is 11.2. The Morgan fingerprint density at radius 1 is 1.15 bits per heavy atom. The molecular formula is C17H15FO2. The molecule has 0 unspecified atom stereocenters. The number of benzene rings is 2. The van der Waals surface area contributed by atoms with E-state index in [-0.39, 0.29) is 11.6 Å². The van der Waals surface area contributed by atoms with Gasteiger partial charge in [0, 0.05) is 11.1 Å². The molecule has 0 bridgehead atoms. The minimum absolute atomic E-state index is 0.170. The fourth-order valence-electron chi connectivity index (χ4n) is 1.75. The van der Waals surface area contributed by atoms with Crippen molar-refractivity contribution in [2.45, 2.75) is 6.92 Å².